The summed E-state index contributed by atoms with van der Waals surface area (Å²) in [5.74, 6) is 2.51. The summed E-state index contributed by atoms with van der Waals surface area (Å²) in [4.78, 5) is 11.7. The predicted octanol–water partition coefficient (Wildman–Crippen LogP) is 4.53. The first kappa shape index (κ1) is 18.3. The molecule has 0 radical (unpaired) electrons. The van der Waals surface area contributed by atoms with E-state index in [1.807, 2.05) is 19.1 Å². The average molecular weight is 374 g/mol. The fourth-order valence-electron chi connectivity index (χ4n) is 3.82. The molecule has 5 heteroatoms. The molecule has 1 N–H and O–H groups in total. The number of hydrogen-bond acceptors (Lipinski definition) is 5. The average Bonchev–Trinajstić information content (AvgIpc) is 3.03. The number of nitrogens with one attached hydrogen (secondary N) is 1. The highest BCUT2D eigenvalue weighted by Gasteiger charge is 2.28. The van der Waals surface area contributed by atoms with Crippen LogP contribution in [0, 0.1) is 6.92 Å². The first-order chi connectivity index (χ1) is 13.6. The van der Waals surface area contributed by atoms with Crippen molar-refractivity contribution in [1.82, 2.24) is 9.97 Å². The van der Waals surface area contributed by atoms with Gasteiger partial charge in [0, 0.05) is 30.0 Å². The van der Waals surface area contributed by atoms with Crippen LogP contribution in [0.3, 0.4) is 0 Å². The molecule has 4 rings (SSSR count). The summed E-state index contributed by atoms with van der Waals surface area (Å²) in [5.41, 5.74) is 4.81. The number of nitrogens with zero attached hydrogens (tertiary/aromatic N) is 3. The molecule has 0 saturated carbocycles. The number of methoxy groups -OCH3 is 1. The SMILES string of the molecule is COc1cccc(CCNc2nc(C)cc(N3c4ccccc4CC3C)n2)c1. The molecule has 1 atom stereocenters. The van der Waals surface area contributed by atoms with Crippen molar-refractivity contribution < 1.29 is 4.74 Å². The largest absolute Gasteiger partial charge is 0.497 e. The molecule has 0 bridgehead atoms. The molecule has 0 saturated heterocycles. The van der Waals surface area contributed by atoms with Gasteiger partial charge >= 0.3 is 0 Å². The lowest BCUT2D eigenvalue weighted by molar-refractivity contribution is 0.414. The molecule has 0 amide bonds. The van der Waals surface area contributed by atoms with E-state index in [9.17, 15) is 0 Å². The molecule has 1 unspecified atom stereocenters. The summed E-state index contributed by atoms with van der Waals surface area (Å²) in [6.07, 6.45) is 1.92. The van der Waals surface area contributed by atoms with Gasteiger partial charge in [0.05, 0.1) is 7.11 Å². The second-order valence-electron chi connectivity index (χ2n) is 7.27. The number of ether oxygens (including phenoxy) is 1. The second kappa shape index (κ2) is 7.89. The van der Waals surface area contributed by atoms with Crippen molar-refractivity contribution in [2.24, 2.45) is 0 Å². The smallest absolute Gasteiger partial charge is 0.224 e. The molecule has 2 aromatic carbocycles. The quantitative estimate of drug-likeness (QED) is 0.687. The minimum Gasteiger partial charge on any atom is -0.497 e. The van der Waals surface area contributed by atoms with Crippen LogP contribution in [0.4, 0.5) is 17.5 Å². The summed E-state index contributed by atoms with van der Waals surface area (Å²) in [7, 11) is 1.69. The van der Waals surface area contributed by atoms with Crippen LogP contribution in [-0.2, 0) is 12.8 Å². The number of aryl methyl sites for hydroxylation is 1. The van der Waals surface area contributed by atoms with Crippen molar-refractivity contribution in [3.05, 3.63) is 71.4 Å². The molecule has 5 nitrogen and oxygen atoms in total. The third kappa shape index (κ3) is 3.79. The molecule has 1 aliphatic rings. The first-order valence-corrected chi connectivity index (χ1v) is 9.73. The van der Waals surface area contributed by atoms with Crippen LogP contribution >= 0.6 is 0 Å². The van der Waals surface area contributed by atoms with E-state index in [-0.39, 0.29) is 0 Å². The Morgan fingerprint density at radius 1 is 1.11 bits per heavy atom. The summed E-state index contributed by atoms with van der Waals surface area (Å²) >= 11 is 0. The van der Waals surface area contributed by atoms with Crippen molar-refractivity contribution in [1.29, 1.82) is 0 Å². The molecule has 1 aliphatic heterocycles. The Morgan fingerprint density at radius 2 is 1.96 bits per heavy atom. The molecule has 2 heterocycles. The monoisotopic (exact) mass is 374 g/mol. The van der Waals surface area contributed by atoms with E-state index >= 15 is 0 Å². The Balaban J connectivity index is 1.50. The van der Waals surface area contributed by atoms with Crippen molar-refractivity contribution in [3.63, 3.8) is 0 Å². The van der Waals surface area contributed by atoms with Crippen LogP contribution in [0.25, 0.3) is 0 Å². The lowest BCUT2D eigenvalue weighted by atomic mass is 10.1. The van der Waals surface area contributed by atoms with Crippen LogP contribution < -0.4 is 15.0 Å². The van der Waals surface area contributed by atoms with Gasteiger partial charge in [-0.25, -0.2) is 4.98 Å². The molecule has 3 aromatic rings. The first-order valence-electron chi connectivity index (χ1n) is 9.73. The van der Waals surface area contributed by atoms with Crippen molar-refractivity contribution >= 4 is 17.5 Å². The van der Waals surface area contributed by atoms with E-state index in [1.54, 1.807) is 7.11 Å². The molecule has 0 spiro atoms. The number of para-hydroxylation sites is 1. The molecule has 0 aliphatic carbocycles. The third-order valence-electron chi connectivity index (χ3n) is 5.13. The topological polar surface area (TPSA) is 50.3 Å². The van der Waals surface area contributed by atoms with Gasteiger partial charge in [-0.2, -0.15) is 4.98 Å². The zero-order chi connectivity index (χ0) is 19.5. The van der Waals surface area contributed by atoms with Gasteiger partial charge in [0.15, 0.2) is 0 Å². The van der Waals surface area contributed by atoms with Crippen molar-refractivity contribution in [3.8, 4) is 5.75 Å². The number of hydrogen-bond donors (Lipinski definition) is 1. The fraction of sp³-hybridized carbons (Fsp3) is 0.304. The zero-order valence-corrected chi connectivity index (χ0v) is 16.6. The van der Waals surface area contributed by atoms with Gasteiger partial charge in [-0.1, -0.05) is 30.3 Å². The normalized spacial score (nSPS) is 15.4. The minimum atomic E-state index is 0.385. The van der Waals surface area contributed by atoms with Crippen LogP contribution in [0.15, 0.2) is 54.6 Å². The second-order valence-corrected chi connectivity index (χ2v) is 7.27. The summed E-state index contributed by atoms with van der Waals surface area (Å²) in [5, 5.41) is 3.38. The minimum absolute atomic E-state index is 0.385. The maximum atomic E-state index is 5.30. The molecular weight excluding hydrogens is 348 g/mol. The predicted molar refractivity (Wildman–Crippen MR) is 114 cm³/mol. The van der Waals surface area contributed by atoms with Gasteiger partial charge in [0.25, 0.3) is 0 Å². The number of fused-ring (bicyclic) bond motifs is 1. The summed E-state index contributed by atoms with van der Waals surface area (Å²) in [6.45, 7) is 5.03. The van der Waals surface area contributed by atoms with E-state index in [1.165, 1.54) is 16.8 Å². The standard InChI is InChI=1S/C23H26N4O/c1-16-13-22(27-17(2)14-19-8-4-5-10-21(19)27)26-23(25-16)24-12-11-18-7-6-9-20(15-18)28-3/h4-10,13,15,17H,11-12,14H2,1-3H3,(H,24,25,26). The summed E-state index contributed by atoms with van der Waals surface area (Å²) < 4.78 is 5.30. The van der Waals surface area contributed by atoms with Gasteiger partial charge < -0.3 is 15.0 Å². The van der Waals surface area contributed by atoms with E-state index in [0.29, 0.717) is 12.0 Å². The van der Waals surface area contributed by atoms with Crippen LogP contribution in [-0.4, -0.2) is 29.7 Å². The van der Waals surface area contributed by atoms with Crippen LogP contribution in [0.1, 0.15) is 23.7 Å². The highest BCUT2D eigenvalue weighted by molar-refractivity contribution is 5.69. The van der Waals surface area contributed by atoms with Gasteiger partial charge in [-0.15, -0.1) is 0 Å². The molecule has 1 aromatic heterocycles. The Morgan fingerprint density at radius 3 is 2.82 bits per heavy atom. The lowest BCUT2D eigenvalue weighted by Crippen LogP contribution is -2.25. The molecule has 0 fully saturated rings. The van der Waals surface area contributed by atoms with E-state index in [2.05, 4.69) is 64.6 Å². The molecular formula is C23H26N4O. The van der Waals surface area contributed by atoms with Crippen molar-refractivity contribution in [2.75, 3.05) is 23.9 Å². The number of aromatic nitrogens is 2. The van der Waals surface area contributed by atoms with Gasteiger partial charge in [-0.05, 0) is 56.0 Å². The van der Waals surface area contributed by atoms with Crippen LogP contribution in [0.2, 0.25) is 0 Å². The van der Waals surface area contributed by atoms with E-state index in [4.69, 9.17) is 9.72 Å². The lowest BCUT2D eigenvalue weighted by Gasteiger charge is -2.24. The maximum absolute atomic E-state index is 5.30. The fourth-order valence-corrected chi connectivity index (χ4v) is 3.82. The summed E-state index contributed by atoms with van der Waals surface area (Å²) in [6, 6.07) is 19.2. The Hall–Kier alpha value is -3.08. The third-order valence-corrected chi connectivity index (χ3v) is 5.13. The van der Waals surface area contributed by atoms with E-state index in [0.717, 1.165) is 36.6 Å². The number of rotatable bonds is 6. The van der Waals surface area contributed by atoms with Crippen LogP contribution in [0.5, 0.6) is 5.75 Å². The Labute approximate surface area is 166 Å². The molecule has 144 valence electrons. The van der Waals surface area contributed by atoms with Gasteiger partial charge in [0.1, 0.15) is 11.6 Å². The highest BCUT2D eigenvalue weighted by Crippen LogP contribution is 2.37. The maximum Gasteiger partial charge on any atom is 0.224 e. The number of anilines is 3. The Kier molecular flexibility index (Phi) is 5.15. The van der Waals surface area contributed by atoms with Gasteiger partial charge in [0.2, 0.25) is 5.95 Å². The Bertz CT molecular complexity index is 972. The van der Waals surface area contributed by atoms with Crippen molar-refractivity contribution in [2.45, 2.75) is 32.7 Å². The number of benzene rings is 2. The highest BCUT2D eigenvalue weighted by atomic mass is 16.5. The van der Waals surface area contributed by atoms with Gasteiger partial charge in [-0.3, -0.25) is 0 Å². The zero-order valence-electron chi connectivity index (χ0n) is 16.6. The molecule has 28 heavy (non-hydrogen) atoms. The van der Waals surface area contributed by atoms with E-state index < -0.39 is 0 Å².